The number of aryl methyl sites for hydroxylation is 1. The molecule has 1 aromatic carbocycles. The summed E-state index contributed by atoms with van der Waals surface area (Å²) in [5, 5.41) is 12.7. The Balaban J connectivity index is 2.04. The highest BCUT2D eigenvalue weighted by atomic mass is 32.1. The van der Waals surface area contributed by atoms with Crippen LogP contribution in [0.2, 0.25) is 0 Å². The van der Waals surface area contributed by atoms with Gasteiger partial charge in [0.15, 0.2) is 0 Å². The van der Waals surface area contributed by atoms with Crippen molar-refractivity contribution in [2.45, 2.75) is 39.2 Å². The number of halogens is 1. The van der Waals surface area contributed by atoms with E-state index in [2.05, 4.69) is 10.3 Å². The van der Waals surface area contributed by atoms with Crippen LogP contribution in [0.4, 0.5) is 4.39 Å². The standard InChI is InChI=1S/C18H21FN2O4S/c1-10-14(26-17(21-10)18(2,3)4)15(22)20-9-13(16(23)24)25-12-7-5-11(19)6-8-12/h5-8,13H,9H2,1-4H3,(H,20,22)(H,23,24). The Morgan fingerprint density at radius 1 is 1.31 bits per heavy atom. The van der Waals surface area contributed by atoms with Crippen molar-refractivity contribution >= 4 is 23.2 Å². The zero-order valence-corrected chi connectivity index (χ0v) is 15.8. The molecule has 0 radical (unpaired) electrons. The number of nitrogens with zero attached hydrogens (tertiary/aromatic N) is 1. The average Bonchev–Trinajstić information content (AvgIpc) is 2.95. The monoisotopic (exact) mass is 380 g/mol. The summed E-state index contributed by atoms with van der Waals surface area (Å²) < 4.78 is 18.2. The largest absolute Gasteiger partial charge is 0.478 e. The molecular formula is C18H21FN2O4S. The summed E-state index contributed by atoms with van der Waals surface area (Å²) in [7, 11) is 0. The van der Waals surface area contributed by atoms with Crippen molar-refractivity contribution in [3.05, 3.63) is 45.7 Å². The van der Waals surface area contributed by atoms with Gasteiger partial charge in [-0.25, -0.2) is 14.2 Å². The molecule has 140 valence electrons. The number of ether oxygens (including phenoxy) is 1. The van der Waals surface area contributed by atoms with Gasteiger partial charge in [-0.15, -0.1) is 11.3 Å². The second-order valence-electron chi connectivity index (χ2n) is 6.79. The SMILES string of the molecule is Cc1nc(C(C)(C)C)sc1C(=O)NCC(Oc1ccc(F)cc1)C(=O)O. The van der Waals surface area contributed by atoms with Crippen molar-refractivity contribution in [1.29, 1.82) is 0 Å². The minimum absolute atomic E-state index is 0.177. The van der Waals surface area contributed by atoms with E-state index in [9.17, 15) is 19.1 Å². The summed E-state index contributed by atoms with van der Waals surface area (Å²) in [6.07, 6.45) is -1.29. The van der Waals surface area contributed by atoms with Gasteiger partial charge in [0.05, 0.1) is 17.2 Å². The van der Waals surface area contributed by atoms with Crippen LogP contribution in [0.25, 0.3) is 0 Å². The fraction of sp³-hybridized carbons (Fsp3) is 0.389. The maximum absolute atomic E-state index is 12.9. The summed E-state index contributed by atoms with van der Waals surface area (Å²) in [4.78, 5) is 28.6. The van der Waals surface area contributed by atoms with Crippen molar-refractivity contribution in [3.63, 3.8) is 0 Å². The number of aromatic nitrogens is 1. The molecule has 2 rings (SSSR count). The topological polar surface area (TPSA) is 88.5 Å². The van der Waals surface area contributed by atoms with Crippen LogP contribution >= 0.6 is 11.3 Å². The van der Waals surface area contributed by atoms with Crippen molar-refractivity contribution in [1.82, 2.24) is 10.3 Å². The fourth-order valence-corrected chi connectivity index (χ4v) is 3.09. The molecule has 0 aliphatic heterocycles. The lowest BCUT2D eigenvalue weighted by Gasteiger charge is -2.15. The summed E-state index contributed by atoms with van der Waals surface area (Å²) in [6.45, 7) is 7.52. The number of aliphatic carboxylic acids is 1. The van der Waals surface area contributed by atoms with Crippen LogP contribution in [0.3, 0.4) is 0 Å². The molecule has 6 nitrogen and oxygen atoms in total. The molecule has 2 N–H and O–H groups in total. The third-order valence-electron chi connectivity index (χ3n) is 3.46. The highest BCUT2D eigenvalue weighted by molar-refractivity contribution is 7.14. The Morgan fingerprint density at radius 3 is 2.42 bits per heavy atom. The number of hydrogen-bond donors (Lipinski definition) is 2. The normalized spacial score (nSPS) is 12.5. The van der Waals surface area contributed by atoms with E-state index in [1.165, 1.54) is 35.6 Å². The summed E-state index contributed by atoms with van der Waals surface area (Å²) in [6, 6.07) is 5.00. The lowest BCUT2D eigenvalue weighted by molar-refractivity contribution is -0.144. The fourth-order valence-electron chi connectivity index (χ4n) is 2.05. The number of nitrogens with one attached hydrogen (secondary N) is 1. The van der Waals surface area contributed by atoms with Gasteiger partial charge in [0.2, 0.25) is 6.10 Å². The van der Waals surface area contributed by atoms with E-state index in [0.717, 1.165) is 5.01 Å². The van der Waals surface area contributed by atoms with Gasteiger partial charge in [-0.2, -0.15) is 0 Å². The van der Waals surface area contributed by atoms with Crippen molar-refractivity contribution < 1.29 is 23.8 Å². The number of carboxylic acids is 1. The first-order valence-corrected chi connectivity index (χ1v) is 8.80. The van der Waals surface area contributed by atoms with Gasteiger partial charge in [0, 0.05) is 5.41 Å². The predicted molar refractivity (Wildman–Crippen MR) is 96.3 cm³/mol. The van der Waals surface area contributed by atoms with Crippen LogP contribution < -0.4 is 10.1 Å². The van der Waals surface area contributed by atoms with Crippen LogP contribution in [0, 0.1) is 12.7 Å². The van der Waals surface area contributed by atoms with Crippen LogP contribution in [0.15, 0.2) is 24.3 Å². The number of rotatable bonds is 6. The first-order chi connectivity index (χ1) is 12.1. The van der Waals surface area contributed by atoms with E-state index < -0.39 is 23.8 Å². The molecule has 0 bridgehead atoms. The highest BCUT2D eigenvalue weighted by Gasteiger charge is 2.25. The second-order valence-corrected chi connectivity index (χ2v) is 7.79. The molecule has 0 saturated heterocycles. The predicted octanol–water partition coefficient (Wildman–Crippen LogP) is 3.15. The lowest BCUT2D eigenvalue weighted by atomic mass is 9.98. The van der Waals surface area contributed by atoms with Gasteiger partial charge in [-0.05, 0) is 31.2 Å². The number of carbonyl (C=O) groups excluding carboxylic acids is 1. The molecule has 0 aliphatic carbocycles. The van der Waals surface area contributed by atoms with Gasteiger partial charge in [0.25, 0.3) is 5.91 Å². The summed E-state index contributed by atoms with van der Waals surface area (Å²) in [5.74, 6) is -1.87. The molecule has 1 atom stereocenters. The molecule has 0 fully saturated rings. The van der Waals surface area contributed by atoms with Crippen molar-refractivity contribution in [3.8, 4) is 5.75 Å². The Hall–Kier alpha value is -2.48. The average molecular weight is 380 g/mol. The molecule has 26 heavy (non-hydrogen) atoms. The zero-order valence-electron chi connectivity index (χ0n) is 15.0. The van der Waals surface area contributed by atoms with E-state index in [0.29, 0.717) is 10.6 Å². The quantitative estimate of drug-likeness (QED) is 0.804. The molecule has 1 amide bonds. The van der Waals surface area contributed by atoms with Crippen LogP contribution in [-0.2, 0) is 10.2 Å². The Bertz CT molecular complexity index is 797. The molecule has 0 saturated carbocycles. The van der Waals surface area contributed by atoms with E-state index >= 15 is 0 Å². The van der Waals surface area contributed by atoms with Gasteiger partial charge >= 0.3 is 5.97 Å². The first kappa shape index (κ1) is 19.8. The van der Waals surface area contributed by atoms with Gasteiger partial charge in [-0.3, -0.25) is 4.79 Å². The minimum Gasteiger partial charge on any atom is -0.478 e. The third-order valence-corrected chi connectivity index (χ3v) is 5.04. The number of benzene rings is 1. The van der Waals surface area contributed by atoms with E-state index in [1.54, 1.807) is 6.92 Å². The summed E-state index contributed by atoms with van der Waals surface area (Å²) in [5.41, 5.74) is 0.423. The molecule has 1 heterocycles. The van der Waals surface area contributed by atoms with Crippen molar-refractivity contribution in [2.24, 2.45) is 0 Å². The van der Waals surface area contributed by atoms with Gasteiger partial charge < -0.3 is 15.2 Å². The zero-order chi connectivity index (χ0) is 19.5. The maximum Gasteiger partial charge on any atom is 0.346 e. The Kier molecular flexibility index (Phi) is 5.97. The number of carbonyl (C=O) groups is 2. The number of carboxylic acid groups (broad SMARTS) is 1. The molecule has 1 aromatic heterocycles. The van der Waals surface area contributed by atoms with E-state index in [4.69, 9.17) is 4.74 Å². The lowest BCUT2D eigenvalue weighted by Crippen LogP contribution is -2.40. The third kappa shape index (κ3) is 5.01. The second kappa shape index (κ2) is 7.82. The molecule has 8 heteroatoms. The van der Waals surface area contributed by atoms with E-state index in [1.807, 2.05) is 20.8 Å². The molecule has 1 unspecified atom stereocenters. The molecule has 2 aromatic rings. The Labute approximate surface area is 155 Å². The highest BCUT2D eigenvalue weighted by Crippen LogP contribution is 2.29. The summed E-state index contributed by atoms with van der Waals surface area (Å²) >= 11 is 1.29. The molecule has 0 spiro atoms. The van der Waals surface area contributed by atoms with Crippen LogP contribution in [-0.4, -0.2) is 34.6 Å². The van der Waals surface area contributed by atoms with Gasteiger partial charge in [0.1, 0.15) is 16.4 Å². The number of thiazole rings is 1. The van der Waals surface area contributed by atoms with Crippen LogP contribution in [0.5, 0.6) is 5.75 Å². The van der Waals surface area contributed by atoms with E-state index in [-0.39, 0.29) is 17.7 Å². The first-order valence-electron chi connectivity index (χ1n) is 7.99. The molecule has 0 aliphatic rings. The molecular weight excluding hydrogens is 359 g/mol. The minimum atomic E-state index is -1.29. The smallest absolute Gasteiger partial charge is 0.346 e. The van der Waals surface area contributed by atoms with Crippen molar-refractivity contribution in [2.75, 3.05) is 6.54 Å². The number of amides is 1. The van der Waals surface area contributed by atoms with Gasteiger partial charge in [-0.1, -0.05) is 20.8 Å². The number of hydrogen-bond acceptors (Lipinski definition) is 5. The van der Waals surface area contributed by atoms with Crippen LogP contribution in [0.1, 0.15) is 41.1 Å². The maximum atomic E-state index is 12.9. The Morgan fingerprint density at radius 2 is 1.92 bits per heavy atom.